The van der Waals surface area contributed by atoms with Crippen molar-refractivity contribution in [2.75, 3.05) is 0 Å². The van der Waals surface area contributed by atoms with Gasteiger partial charge in [-0.3, -0.25) is 0 Å². The maximum Gasteiger partial charge on any atom is 0.116 e. The molecular formula is C8H10NaO. The smallest absolute Gasteiger partial charge is 0.116 e. The van der Waals surface area contributed by atoms with Crippen LogP contribution in [-0.2, 0) is 0 Å². The SMILES string of the molecule is Cc1cc(C)cc(O)c1.[Na]. The van der Waals surface area contributed by atoms with E-state index in [1.807, 2.05) is 19.9 Å². The molecule has 0 aliphatic carbocycles. The molecule has 10 heavy (non-hydrogen) atoms. The molecule has 1 rings (SSSR count). The van der Waals surface area contributed by atoms with E-state index in [-0.39, 0.29) is 29.6 Å². The van der Waals surface area contributed by atoms with Gasteiger partial charge >= 0.3 is 0 Å². The standard InChI is InChI=1S/C8H10O.Na/c1-6-3-7(2)5-8(9)4-6;/h3-5,9H,1-2H3;. The van der Waals surface area contributed by atoms with Gasteiger partial charge in [0.2, 0.25) is 0 Å². The monoisotopic (exact) mass is 145 g/mol. The van der Waals surface area contributed by atoms with Gasteiger partial charge in [-0.15, -0.1) is 0 Å². The minimum atomic E-state index is 0. The molecule has 0 saturated heterocycles. The summed E-state index contributed by atoms with van der Waals surface area (Å²) in [6, 6.07) is 5.51. The van der Waals surface area contributed by atoms with Crippen molar-refractivity contribution in [3.05, 3.63) is 29.3 Å². The van der Waals surface area contributed by atoms with Crippen LogP contribution >= 0.6 is 0 Å². The van der Waals surface area contributed by atoms with Crippen LogP contribution in [-0.4, -0.2) is 34.7 Å². The van der Waals surface area contributed by atoms with Gasteiger partial charge < -0.3 is 5.11 Å². The predicted octanol–water partition coefficient (Wildman–Crippen LogP) is 1.63. The molecule has 49 valence electrons. The summed E-state index contributed by atoms with van der Waals surface area (Å²) in [4.78, 5) is 0. The fraction of sp³-hybridized carbons (Fsp3) is 0.250. The fourth-order valence-corrected chi connectivity index (χ4v) is 0.951. The maximum atomic E-state index is 8.99. The third kappa shape index (κ3) is 2.74. The Balaban J connectivity index is 0.000000810. The van der Waals surface area contributed by atoms with Crippen LogP contribution in [0.3, 0.4) is 0 Å². The molecule has 0 fully saturated rings. The van der Waals surface area contributed by atoms with E-state index in [0.717, 1.165) is 11.1 Å². The van der Waals surface area contributed by atoms with Gasteiger partial charge in [0.25, 0.3) is 0 Å². The molecule has 0 spiro atoms. The van der Waals surface area contributed by atoms with E-state index >= 15 is 0 Å². The summed E-state index contributed by atoms with van der Waals surface area (Å²) in [5.74, 6) is 0.354. The zero-order valence-corrected chi connectivity index (χ0v) is 8.68. The van der Waals surface area contributed by atoms with Gasteiger partial charge in [-0.25, -0.2) is 0 Å². The molecule has 0 amide bonds. The summed E-state index contributed by atoms with van der Waals surface area (Å²) in [5.41, 5.74) is 2.21. The van der Waals surface area contributed by atoms with Gasteiger partial charge in [-0.05, 0) is 37.1 Å². The first-order valence-electron chi connectivity index (χ1n) is 2.96. The van der Waals surface area contributed by atoms with Crippen molar-refractivity contribution in [2.45, 2.75) is 13.8 Å². The van der Waals surface area contributed by atoms with E-state index in [4.69, 9.17) is 5.11 Å². The summed E-state index contributed by atoms with van der Waals surface area (Å²) in [5, 5.41) is 8.99. The van der Waals surface area contributed by atoms with E-state index in [1.165, 1.54) is 0 Å². The Hall–Kier alpha value is 0.0200. The molecule has 0 aromatic heterocycles. The second-order valence-electron chi connectivity index (χ2n) is 2.35. The van der Waals surface area contributed by atoms with Crippen molar-refractivity contribution < 1.29 is 5.11 Å². The van der Waals surface area contributed by atoms with Gasteiger partial charge in [0.05, 0.1) is 0 Å². The van der Waals surface area contributed by atoms with Crippen LogP contribution in [0.15, 0.2) is 18.2 Å². The largest absolute Gasteiger partial charge is 0.508 e. The van der Waals surface area contributed by atoms with Crippen LogP contribution in [0.1, 0.15) is 11.1 Å². The summed E-state index contributed by atoms with van der Waals surface area (Å²) < 4.78 is 0. The molecule has 1 nitrogen and oxygen atoms in total. The zero-order chi connectivity index (χ0) is 6.85. The Morgan fingerprint density at radius 3 is 1.70 bits per heavy atom. The number of rotatable bonds is 0. The van der Waals surface area contributed by atoms with Crippen molar-refractivity contribution in [1.29, 1.82) is 0 Å². The molecule has 0 aliphatic heterocycles. The van der Waals surface area contributed by atoms with Crippen molar-refractivity contribution >= 4 is 29.6 Å². The molecule has 2 heteroatoms. The predicted molar refractivity (Wildman–Crippen MR) is 43.3 cm³/mol. The molecule has 1 N–H and O–H groups in total. The van der Waals surface area contributed by atoms with Crippen molar-refractivity contribution in [3.63, 3.8) is 0 Å². The van der Waals surface area contributed by atoms with Gasteiger partial charge in [0.15, 0.2) is 0 Å². The summed E-state index contributed by atoms with van der Waals surface area (Å²) >= 11 is 0. The Kier molecular flexibility index (Phi) is 4.02. The van der Waals surface area contributed by atoms with E-state index in [0.29, 0.717) is 5.75 Å². The first-order valence-corrected chi connectivity index (χ1v) is 2.96. The fourth-order valence-electron chi connectivity index (χ4n) is 0.951. The number of aryl methyl sites for hydroxylation is 2. The molecule has 0 unspecified atom stereocenters. The number of benzene rings is 1. The molecule has 0 saturated carbocycles. The van der Waals surface area contributed by atoms with Crippen molar-refractivity contribution in [1.82, 2.24) is 0 Å². The zero-order valence-electron chi connectivity index (χ0n) is 6.68. The molecule has 1 aromatic rings. The summed E-state index contributed by atoms with van der Waals surface area (Å²) in [7, 11) is 0. The average molecular weight is 145 g/mol. The van der Waals surface area contributed by atoms with E-state index in [9.17, 15) is 0 Å². The van der Waals surface area contributed by atoms with Crippen LogP contribution in [0.2, 0.25) is 0 Å². The second kappa shape index (κ2) is 4.02. The molecule has 0 bridgehead atoms. The molecular weight excluding hydrogens is 135 g/mol. The number of phenolic OH excluding ortho intramolecular Hbond substituents is 1. The first-order chi connectivity index (χ1) is 4.18. The molecule has 1 radical (unpaired) electrons. The Labute approximate surface area is 83.4 Å². The van der Waals surface area contributed by atoms with Gasteiger partial charge in [0, 0.05) is 29.6 Å². The van der Waals surface area contributed by atoms with Crippen LogP contribution in [0.25, 0.3) is 0 Å². The third-order valence-corrected chi connectivity index (χ3v) is 1.21. The summed E-state index contributed by atoms with van der Waals surface area (Å²) in [6.45, 7) is 3.93. The van der Waals surface area contributed by atoms with E-state index in [2.05, 4.69) is 0 Å². The minimum absolute atomic E-state index is 0. The number of phenols is 1. The Bertz CT molecular complexity index is 170. The van der Waals surface area contributed by atoms with Crippen LogP contribution in [0.4, 0.5) is 0 Å². The topological polar surface area (TPSA) is 20.2 Å². The first kappa shape index (κ1) is 10.0. The van der Waals surface area contributed by atoms with Gasteiger partial charge in [0.1, 0.15) is 5.75 Å². The second-order valence-corrected chi connectivity index (χ2v) is 2.35. The Morgan fingerprint density at radius 2 is 1.40 bits per heavy atom. The van der Waals surface area contributed by atoms with E-state index in [1.54, 1.807) is 12.1 Å². The molecule has 0 aliphatic rings. The van der Waals surface area contributed by atoms with Crippen LogP contribution in [0, 0.1) is 13.8 Å². The maximum absolute atomic E-state index is 8.99. The van der Waals surface area contributed by atoms with Crippen LogP contribution in [0.5, 0.6) is 5.75 Å². The molecule has 1 aromatic carbocycles. The van der Waals surface area contributed by atoms with Crippen molar-refractivity contribution in [2.24, 2.45) is 0 Å². The Morgan fingerprint density at radius 1 is 1.00 bits per heavy atom. The normalized spacial score (nSPS) is 8.60. The quantitative estimate of drug-likeness (QED) is 0.550. The third-order valence-electron chi connectivity index (χ3n) is 1.21. The molecule has 0 atom stereocenters. The van der Waals surface area contributed by atoms with Crippen LogP contribution < -0.4 is 0 Å². The van der Waals surface area contributed by atoms with Gasteiger partial charge in [-0.1, -0.05) is 6.07 Å². The number of hydrogen-bond acceptors (Lipinski definition) is 1. The van der Waals surface area contributed by atoms with Crippen molar-refractivity contribution in [3.8, 4) is 5.75 Å². The summed E-state index contributed by atoms with van der Waals surface area (Å²) in [6.07, 6.45) is 0. The number of hydrogen-bond donors (Lipinski definition) is 1. The van der Waals surface area contributed by atoms with E-state index < -0.39 is 0 Å². The minimum Gasteiger partial charge on any atom is -0.508 e. The van der Waals surface area contributed by atoms with Gasteiger partial charge in [-0.2, -0.15) is 0 Å². The number of aromatic hydroxyl groups is 1. The average Bonchev–Trinajstić information content (AvgIpc) is 1.59. The molecule has 0 heterocycles.